The molecule has 1 aromatic heterocycles. The molecule has 2 fully saturated rings. The van der Waals surface area contributed by atoms with E-state index in [9.17, 15) is 22.8 Å². The van der Waals surface area contributed by atoms with Crippen LogP contribution in [0, 0.1) is 0 Å². The largest absolute Gasteiger partial charge is 0.423 e. The van der Waals surface area contributed by atoms with E-state index in [1.54, 1.807) is 0 Å². The number of hydrogen-bond donors (Lipinski definition) is 2. The van der Waals surface area contributed by atoms with Crippen LogP contribution in [0.5, 0.6) is 0 Å². The SMILES string of the molecule is O=C1NCCC1OCC1CCN1c1cn[nH]c(=O)c1C(F)(F)F. The van der Waals surface area contributed by atoms with Gasteiger partial charge in [0.05, 0.1) is 24.5 Å². The minimum absolute atomic E-state index is 0.127. The van der Waals surface area contributed by atoms with Gasteiger partial charge in [0.1, 0.15) is 11.7 Å². The first-order valence-corrected chi connectivity index (χ1v) is 7.19. The summed E-state index contributed by atoms with van der Waals surface area (Å²) in [6.07, 6.45) is -3.15. The van der Waals surface area contributed by atoms with Crippen molar-refractivity contribution in [2.75, 3.05) is 24.6 Å². The lowest BCUT2D eigenvalue weighted by molar-refractivity contribution is -0.138. The Labute approximate surface area is 128 Å². The maximum atomic E-state index is 13.1. The molecule has 7 nitrogen and oxygen atoms in total. The van der Waals surface area contributed by atoms with Gasteiger partial charge >= 0.3 is 6.18 Å². The van der Waals surface area contributed by atoms with Crippen molar-refractivity contribution in [2.24, 2.45) is 0 Å². The highest BCUT2D eigenvalue weighted by atomic mass is 19.4. The molecule has 1 amide bonds. The number of aromatic amines is 1. The van der Waals surface area contributed by atoms with Gasteiger partial charge in [-0.05, 0) is 12.8 Å². The van der Waals surface area contributed by atoms with Gasteiger partial charge in [-0.3, -0.25) is 9.59 Å². The Morgan fingerprint density at radius 3 is 2.70 bits per heavy atom. The van der Waals surface area contributed by atoms with Gasteiger partial charge < -0.3 is 15.0 Å². The number of amides is 1. The molecule has 126 valence electrons. The number of nitrogens with zero attached hydrogens (tertiary/aromatic N) is 2. The van der Waals surface area contributed by atoms with E-state index in [-0.39, 0.29) is 24.2 Å². The molecular formula is C13H15F3N4O3. The highest BCUT2D eigenvalue weighted by molar-refractivity contribution is 5.82. The van der Waals surface area contributed by atoms with E-state index in [1.807, 2.05) is 5.10 Å². The molecule has 3 heterocycles. The van der Waals surface area contributed by atoms with Crippen molar-refractivity contribution in [3.63, 3.8) is 0 Å². The van der Waals surface area contributed by atoms with Crippen molar-refractivity contribution < 1.29 is 22.7 Å². The highest BCUT2D eigenvalue weighted by Crippen LogP contribution is 2.36. The van der Waals surface area contributed by atoms with E-state index < -0.39 is 23.4 Å². The molecule has 2 aliphatic heterocycles. The van der Waals surface area contributed by atoms with Crippen molar-refractivity contribution in [3.05, 3.63) is 22.1 Å². The third-order valence-corrected chi connectivity index (χ3v) is 4.06. The number of aromatic nitrogens is 2. The van der Waals surface area contributed by atoms with Crippen LogP contribution in [-0.4, -0.2) is 47.9 Å². The minimum atomic E-state index is -4.77. The third-order valence-electron chi connectivity index (χ3n) is 4.06. The molecule has 2 N–H and O–H groups in total. The smallest absolute Gasteiger partial charge is 0.366 e. The van der Waals surface area contributed by atoms with Crippen molar-refractivity contribution in [1.29, 1.82) is 0 Å². The lowest BCUT2D eigenvalue weighted by Crippen LogP contribution is -2.52. The number of ether oxygens (including phenoxy) is 1. The van der Waals surface area contributed by atoms with E-state index in [0.717, 1.165) is 6.20 Å². The fraction of sp³-hybridized carbons (Fsp3) is 0.615. The van der Waals surface area contributed by atoms with E-state index in [4.69, 9.17) is 4.74 Å². The van der Waals surface area contributed by atoms with Gasteiger partial charge in [0.2, 0.25) is 5.91 Å². The maximum Gasteiger partial charge on any atom is 0.423 e. The van der Waals surface area contributed by atoms with Gasteiger partial charge in [-0.15, -0.1) is 0 Å². The zero-order valence-electron chi connectivity index (χ0n) is 12.0. The van der Waals surface area contributed by atoms with Crippen LogP contribution in [0.3, 0.4) is 0 Å². The Hall–Kier alpha value is -2.10. The topological polar surface area (TPSA) is 87.3 Å². The van der Waals surface area contributed by atoms with Crippen LogP contribution in [0.15, 0.2) is 11.0 Å². The summed E-state index contributed by atoms with van der Waals surface area (Å²) < 4.78 is 44.7. The number of H-pyrrole nitrogens is 1. The van der Waals surface area contributed by atoms with E-state index >= 15 is 0 Å². The minimum Gasteiger partial charge on any atom is -0.366 e. The molecule has 0 aromatic carbocycles. The molecule has 23 heavy (non-hydrogen) atoms. The molecule has 3 rings (SSSR count). The van der Waals surface area contributed by atoms with Crippen molar-refractivity contribution in [3.8, 4) is 0 Å². The average Bonchev–Trinajstić information content (AvgIpc) is 2.82. The average molecular weight is 332 g/mol. The third kappa shape index (κ3) is 3.03. The Balaban J connectivity index is 1.74. The number of carbonyl (C=O) groups excluding carboxylic acids is 1. The van der Waals surface area contributed by atoms with Crippen LogP contribution in [0.1, 0.15) is 18.4 Å². The number of rotatable bonds is 4. The first kappa shape index (κ1) is 15.8. The molecule has 2 unspecified atom stereocenters. The van der Waals surface area contributed by atoms with Crippen molar-refractivity contribution >= 4 is 11.6 Å². The number of anilines is 1. The molecule has 0 saturated carbocycles. The summed E-state index contributed by atoms with van der Waals surface area (Å²) >= 11 is 0. The molecule has 0 radical (unpaired) electrons. The summed E-state index contributed by atoms with van der Waals surface area (Å²) in [5.74, 6) is -0.204. The number of alkyl halides is 3. The van der Waals surface area contributed by atoms with Crippen LogP contribution in [-0.2, 0) is 15.7 Å². The number of carbonyl (C=O) groups is 1. The predicted octanol–water partition coefficient (Wildman–Crippen LogP) is 0.272. The van der Waals surface area contributed by atoms with Crippen LogP contribution >= 0.6 is 0 Å². The zero-order valence-corrected chi connectivity index (χ0v) is 12.0. The molecule has 2 saturated heterocycles. The van der Waals surface area contributed by atoms with Crippen LogP contribution in [0.4, 0.5) is 18.9 Å². The molecule has 0 bridgehead atoms. The lowest BCUT2D eigenvalue weighted by atomic mass is 10.0. The van der Waals surface area contributed by atoms with Gasteiger partial charge in [0.15, 0.2) is 0 Å². The monoisotopic (exact) mass is 332 g/mol. The normalized spacial score (nSPS) is 24.5. The summed E-state index contributed by atoms with van der Waals surface area (Å²) in [6, 6.07) is -0.312. The number of halogens is 3. The second kappa shape index (κ2) is 5.84. The van der Waals surface area contributed by atoms with Crippen molar-refractivity contribution in [1.82, 2.24) is 15.5 Å². The van der Waals surface area contributed by atoms with Gasteiger partial charge in [0, 0.05) is 13.1 Å². The van der Waals surface area contributed by atoms with Crippen LogP contribution in [0.2, 0.25) is 0 Å². The molecule has 0 aliphatic carbocycles. The van der Waals surface area contributed by atoms with Crippen LogP contribution < -0.4 is 15.8 Å². The number of hydrogen-bond acceptors (Lipinski definition) is 5. The molecule has 1 aromatic rings. The Morgan fingerprint density at radius 2 is 2.13 bits per heavy atom. The maximum absolute atomic E-state index is 13.1. The van der Waals surface area contributed by atoms with E-state index in [1.165, 1.54) is 4.90 Å². The van der Waals surface area contributed by atoms with Crippen molar-refractivity contribution in [2.45, 2.75) is 31.2 Å². The van der Waals surface area contributed by atoms with Gasteiger partial charge in [-0.2, -0.15) is 18.3 Å². The number of nitrogens with one attached hydrogen (secondary N) is 2. The summed E-state index contributed by atoms with van der Waals surface area (Å²) in [5, 5.41) is 7.90. The fourth-order valence-corrected chi connectivity index (χ4v) is 2.77. The zero-order chi connectivity index (χ0) is 16.6. The van der Waals surface area contributed by atoms with E-state index in [0.29, 0.717) is 25.9 Å². The second-order valence-corrected chi connectivity index (χ2v) is 5.49. The fourth-order valence-electron chi connectivity index (χ4n) is 2.77. The molecule has 10 heteroatoms. The second-order valence-electron chi connectivity index (χ2n) is 5.49. The van der Waals surface area contributed by atoms with Gasteiger partial charge in [-0.1, -0.05) is 0 Å². The quantitative estimate of drug-likeness (QED) is 0.827. The molecule has 2 aliphatic rings. The highest BCUT2D eigenvalue weighted by Gasteiger charge is 2.42. The summed E-state index contributed by atoms with van der Waals surface area (Å²) in [7, 11) is 0. The van der Waals surface area contributed by atoms with E-state index in [2.05, 4.69) is 10.4 Å². The van der Waals surface area contributed by atoms with Crippen LogP contribution in [0.25, 0.3) is 0 Å². The summed E-state index contributed by atoms with van der Waals surface area (Å²) in [4.78, 5) is 24.4. The standard InChI is InChI=1S/C13H15F3N4O3/c14-13(15,16)10-8(5-18-19-12(10)22)20-4-2-7(20)6-23-9-1-3-17-11(9)21/h5,7,9H,1-4,6H2,(H,17,21)(H,19,22). The summed E-state index contributed by atoms with van der Waals surface area (Å²) in [6.45, 7) is 1.04. The Morgan fingerprint density at radius 1 is 1.35 bits per heavy atom. The lowest BCUT2D eigenvalue weighted by Gasteiger charge is -2.43. The molecule has 0 spiro atoms. The van der Waals surface area contributed by atoms with Gasteiger partial charge in [0.25, 0.3) is 5.56 Å². The first-order chi connectivity index (χ1) is 10.9. The Kier molecular flexibility index (Phi) is 4.00. The predicted molar refractivity (Wildman–Crippen MR) is 73.0 cm³/mol. The Bertz CT molecular complexity index is 661. The summed E-state index contributed by atoms with van der Waals surface area (Å²) in [5.41, 5.74) is -2.77. The first-order valence-electron chi connectivity index (χ1n) is 7.19. The molecule has 2 atom stereocenters. The van der Waals surface area contributed by atoms with Gasteiger partial charge in [-0.25, -0.2) is 5.10 Å². The molecular weight excluding hydrogens is 317 g/mol.